The van der Waals surface area contributed by atoms with Crippen molar-refractivity contribution in [3.05, 3.63) is 90.4 Å². The molecule has 1 aliphatic rings. The standard InChI is InChI=1S/C25H22F2N4/c1-18(20-4-3-11-30-24(20)19-7-12-29-13-8-19)31-14-9-25(17-28,10-15-31)16-21-22(26)5-2-6-23(21)27/h2-8,11-13H,1,9-10,14-16H2. The van der Waals surface area contributed by atoms with Gasteiger partial charge < -0.3 is 4.90 Å². The van der Waals surface area contributed by atoms with Crippen LogP contribution in [0.4, 0.5) is 8.78 Å². The molecule has 1 fully saturated rings. The molecule has 4 rings (SSSR count). The SMILES string of the molecule is C=C(c1cccnc1-c1ccncc1)N1CCC(C#N)(Cc2c(F)cccc2F)CC1. The van der Waals surface area contributed by atoms with Gasteiger partial charge in [-0.25, -0.2) is 8.78 Å². The Bertz CT molecular complexity index is 1110. The summed E-state index contributed by atoms with van der Waals surface area (Å²) in [5.74, 6) is -1.20. The fourth-order valence-corrected chi connectivity index (χ4v) is 4.12. The lowest BCUT2D eigenvalue weighted by atomic mass is 9.74. The van der Waals surface area contributed by atoms with Gasteiger partial charge in [0, 0.05) is 54.1 Å². The van der Waals surface area contributed by atoms with Crippen LogP contribution >= 0.6 is 0 Å². The van der Waals surface area contributed by atoms with Crippen LogP contribution in [0.3, 0.4) is 0 Å². The summed E-state index contributed by atoms with van der Waals surface area (Å²) < 4.78 is 28.3. The van der Waals surface area contributed by atoms with Crippen LogP contribution in [0.2, 0.25) is 0 Å². The van der Waals surface area contributed by atoms with E-state index in [2.05, 4.69) is 27.5 Å². The fraction of sp³-hybridized carbons (Fsp3) is 0.240. The Morgan fingerprint density at radius 2 is 1.71 bits per heavy atom. The van der Waals surface area contributed by atoms with Gasteiger partial charge in [-0.15, -0.1) is 0 Å². The molecule has 0 aliphatic carbocycles. The lowest BCUT2D eigenvalue weighted by Gasteiger charge is -2.39. The Labute approximate surface area is 180 Å². The summed E-state index contributed by atoms with van der Waals surface area (Å²) in [6, 6.07) is 13.8. The zero-order valence-corrected chi connectivity index (χ0v) is 17.1. The van der Waals surface area contributed by atoms with Crippen LogP contribution in [0.1, 0.15) is 24.0 Å². The summed E-state index contributed by atoms with van der Waals surface area (Å²) >= 11 is 0. The van der Waals surface area contributed by atoms with E-state index < -0.39 is 17.0 Å². The highest BCUT2D eigenvalue weighted by Crippen LogP contribution is 2.38. The lowest BCUT2D eigenvalue weighted by molar-refractivity contribution is 0.194. The molecule has 6 heteroatoms. The smallest absolute Gasteiger partial charge is 0.129 e. The second kappa shape index (κ2) is 8.65. The number of piperidine rings is 1. The van der Waals surface area contributed by atoms with E-state index in [1.807, 2.05) is 24.3 Å². The number of rotatable bonds is 5. The number of benzene rings is 1. The molecule has 31 heavy (non-hydrogen) atoms. The third-order valence-electron chi connectivity index (χ3n) is 5.99. The van der Waals surface area contributed by atoms with Crippen LogP contribution in [-0.4, -0.2) is 28.0 Å². The monoisotopic (exact) mass is 416 g/mol. The van der Waals surface area contributed by atoms with Gasteiger partial charge in [-0.3, -0.25) is 9.97 Å². The van der Waals surface area contributed by atoms with Crippen molar-refractivity contribution in [2.75, 3.05) is 13.1 Å². The third kappa shape index (κ3) is 4.17. The van der Waals surface area contributed by atoms with Crippen molar-refractivity contribution in [1.82, 2.24) is 14.9 Å². The van der Waals surface area contributed by atoms with Crippen molar-refractivity contribution < 1.29 is 8.78 Å². The first-order chi connectivity index (χ1) is 15.0. The molecule has 3 aromatic rings. The van der Waals surface area contributed by atoms with Gasteiger partial charge in [0.25, 0.3) is 0 Å². The van der Waals surface area contributed by atoms with Gasteiger partial charge in [-0.1, -0.05) is 12.6 Å². The molecule has 0 bridgehead atoms. The summed E-state index contributed by atoms with van der Waals surface area (Å²) in [6.45, 7) is 5.44. The van der Waals surface area contributed by atoms with E-state index in [0.29, 0.717) is 25.9 Å². The number of nitrogens with zero attached hydrogens (tertiary/aromatic N) is 4. The molecule has 156 valence electrons. The average molecular weight is 416 g/mol. The van der Waals surface area contributed by atoms with E-state index in [0.717, 1.165) is 22.5 Å². The molecule has 0 spiro atoms. The number of aromatic nitrogens is 2. The summed E-state index contributed by atoms with van der Waals surface area (Å²) in [5, 5.41) is 9.87. The largest absolute Gasteiger partial charge is 0.371 e. The quantitative estimate of drug-likeness (QED) is 0.571. The van der Waals surface area contributed by atoms with Crippen LogP contribution < -0.4 is 0 Å². The van der Waals surface area contributed by atoms with Crippen molar-refractivity contribution in [2.24, 2.45) is 5.41 Å². The van der Waals surface area contributed by atoms with Gasteiger partial charge in [-0.2, -0.15) is 5.26 Å². The molecule has 0 unspecified atom stereocenters. The predicted molar refractivity (Wildman–Crippen MR) is 115 cm³/mol. The molecule has 3 heterocycles. The van der Waals surface area contributed by atoms with Crippen LogP contribution in [0.25, 0.3) is 17.0 Å². The van der Waals surface area contributed by atoms with Crippen LogP contribution in [0.15, 0.2) is 67.6 Å². The minimum absolute atomic E-state index is 0.0106. The molecule has 0 atom stereocenters. The van der Waals surface area contributed by atoms with E-state index >= 15 is 0 Å². The minimum Gasteiger partial charge on any atom is -0.371 e. The lowest BCUT2D eigenvalue weighted by Crippen LogP contribution is -2.39. The van der Waals surface area contributed by atoms with Crippen LogP contribution in [-0.2, 0) is 6.42 Å². The Hall–Kier alpha value is -3.59. The number of nitriles is 1. The second-order valence-electron chi connectivity index (χ2n) is 7.84. The minimum atomic E-state index is -0.803. The molecule has 0 radical (unpaired) electrons. The number of hydrogen-bond acceptors (Lipinski definition) is 4. The number of hydrogen-bond donors (Lipinski definition) is 0. The normalized spacial score (nSPS) is 15.3. The van der Waals surface area contributed by atoms with Crippen LogP contribution in [0, 0.1) is 28.4 Å². The first-order valence-corrected chi connectivity index (χ1v) is 10.2. The maximum absolute atomic E-state index is 14.2. The summed E-state index contributed by atoms with van der Waals surface area (Å²) in [5.41, 5.74) is 2.69. The van der Waals surface area contributed by atoms with Gasteiger partial charge >= 0.3 is 0 Å². The summed E-state index contributed by atoms with van der Waals surface area (Å²) in [4.78, 5) is 10.7. The van der Waals surface area contributed by atoms with Crippen molar-refractivity contribution in [3.63, 3.8) is 0 Å². The zero-order chi connectivity index (χ0) is 21.8. The molecule has 2 aromatic heterocycles. The molecular formula is C25H22F2N4. The van der Waals surface area contributed by atoms with E-state index in [4.69, 9.17) is 0 Å². The Balaban J connectivity index is 1.53. The maximum atomic E-state index is 14.2. The Morgan fingerprint density at radius 3 is 2.35 bits per heavy atom. The topological polar surface area (TPSA) is 52.8 Å². The number of likely N-dealkylation sites (tertiary alicyclic amines) is 1. The highest BCUT2D eigenvalue weighted by Gasteiger charge is 2.37. The van der Waals surface area contributed by atoms with Crippen molar-refractivity contribution in [2.45, 2.75) is 19.3 Å². The fourth-order valence-electron chi connectivity index (χ4n) is 4.12. The van der Waals surface area contributed by atoms with Crippen LogP contribution in [0.5, 0.6) is 0 Å². The van der Waals surface area contributed by atoms with E-state index in [1.54, 1.807) is 18.6 Å². The first kappa shape index (κ1) is 20.7. The van der Waals surface area contributed by atoms with Gasteiger partial charge in [0.15, 0.2) is 0 Å². The van der Waals surface area contributed by atoms with Gasteiger partial charge in [0.1, 0.15) is 11.6 Å². The molecular weight excluding hydrogens is 394 g/mol. The highest BCUT2D eigenvalue weighted by molar-refractivity contribution is 5.76. The molecule has 1 saturated heterocycles. The molecule has 4 nitrogen and oxygen atoms in total. The molecule has 0 N–H and O–H groups in total. The van der Waals surface area contributed by atoms with Gasteiger partial charge in [0.2, 0.25) is 0 Å². The molecule has 0 saturated carbocycles. The summed E-state index contributed by atoms with van der Waals surface area (Å²) in [6.07, 6.45) is 6.26. The second-order valence-corrected chi connectivity index (χ2v) is 7.84. The number of pyridine rings is 2. The predicted octanol–water partition coefficient (Wildman–Crippen LogP) is 5.24. The van der Waals surface area contributed by atoms with Gasteiger partial charge in [0.05, 0.1) is 17.2 Å². The molecule has 0 amide bonds. The van der Waals surface area contributed by atoms with Gasteiger partial charge in [-0.05, 0) is 55.7 Å². The van der Waals surface area contributed by atoms with Crippen molar-refractivity contribution >= 4 is 5.70 Å². The Kier molecular flexibility index (Phi) is 5.77. The third-order valence-corrected chi connectivity index (χ3v) is 5.99. The van der Waals surface area contributed by atoms with E-state index in [-0.39, 0.29) is 12.0 Å². The zero-order valence-electron chi connectivity index (χ0n) is 17.1. The maximum Gasteiger partial charge on any atom is 0.129 e. The number of halogens is 2. The average Bonchev–Trinajstić information content (AvgIpc) is 2.82. The Morgan fingerprint density at radius 1 is 1.03 bits per heavy atom. The van der Waals surface area contributed by atoms with E-state index in [9.17, 15) is 14.0 Å². The van der Waals surface area contributed by atoms with E-state index in [1.165, 1.54) is 18.2 Å². The molecule has 1 aliphatic heterocycles. The summed E-state index contributed by atoms with van der Waals surface area (Å²) in [7, 11) is 0. The molecule has 1 aromatic carbocycles. The van der Waals surface area contributed by atoms with Crippen molar-refractivity contribution in [1.29, 1.82) is 5.26 Å². The first-order valence-electron chi connectivity index (χ1n) is 10.2. The highest BCUT2D eigenvalue weighted by atomic mass is 19.1. The van der Waals surface area contributed by atoms with Crippen molar-refractivity contribution in [3.8, 4) is 17.3 Å².